The fraction of sp³-hybridized carbons (Fsp3) is 0.615. The summed E-state index contributed by atoms with van der Waals surface area (Å²) in [5, 5.41) is 0.837. The Bertz CT molecular complexity index is 483. The zero-order valence-corrected chi connectivity index (χ0v) is 12.7. The van der Waals surface area contributed by atoms with Crippen LogP contribution in [0.15, 0.2) is 0 Å². The maximum absolute atomic E-state index is 11.4. The lowest BCUT2D eigenvalue weighted by molar-refractivity contribution is 0.0576. The molecule has 0 bridgehead atoms. The molecule has 20 heavy (non-hydrogen) atoms. The lowest BCUT2D eigenvalue weighted by atomic mass is 10.0. The van der Waals surface area contributed by atoms with E-state index in [-0.39, 0.29) is 0 Å². The largest absolute Gasteiger partial charge is 0.492 e. The molecule has 1 atom stereocenters. The van der Waals surface area contributed by atoms with Crippen molar-refractivity contribution < 1.29 is 14.3 Å². The average Bonchev–Trinajstić information content (AvgIpc) is 2.77. The van der Waals surface area contributed by atoms with Gasteiger partial charge < -0.3 is 25.8 Å². The number of methoxy groups -OCH3 is 1. The first-order valence-corrected chi connectivity index (χ1v) is 7.41. The van der Waals surface area contributed by atoms with Gasteiger partial charge in [-0.25, -0.2) is 0 Å². The van der Waals surface area contributed by atoms with Crippen molar-refractivity contribution >= 4 is 27.9 Å². The maximum atomic E-state index is 11.4. The lowest BCUT2D eigenvalue weighted by Gasteiger charge is -2.27. The number of nitrogen functional groups attached to an aromatic ring is 1. The van der Waals surface area contributed by atoms with Crippen LogP contribution < -0.4 is 21.1 Å². The number of thiophene rings is 1. The smallest absolute Gasteiger partial charge is 0.261 e. The predicted molar refractivity (Wildman–Crippen MR) is 80.6 cm³/mol. The van der Waals surface area contributed by atoms with Gasteiger partial charge in [0.05, 0.1) is 13.7 Å². The summed E-state index contributed by atoms with van der Waals surface area (Å²) in [4.78, 5) is 13.8. The van der Waals surface area contributed by atoms with E-state index < -0.39 is 5.91 Å². The molecular formula is C13H21N3O3S. The Hall–Kier alpha value is -1.47. The summed E-state index contributed by atoms with van der Waals surface area (Å²) < 4.78 is 10.8. The van der Waals surface area contributed by atoms with Crippen LogP contribution in [0.3, 0.4) is 0 Å². The molecule has 2 rings (SSSR count). The molecule has 112 valence electrons. The Morgan fingerprint density at radius 1 is 1.60 bits per heavy atom. The van der Waals surface area contributed by atoms with Crippen molar-refractivity contribution in [1.29, 1.82) is 0 Å². The van der Waals surface area contributed by atoms with Gasteiger partial charge in [-0.3, -0.25) is 4.79 Å². The van der Waals surface area contributed by atoms with E-state index >= 15 is 0 Å². The average molecular weight is 299 g/mol. The van der Waals surface area contributed by atoms with Gasteiger partial charge in [0.1, 0.15) is 15.6 Å². The second kappa shape index (κ2) is 6.32. The Labute approximate surface area is 122 Å². The zero-order chi connectivity index (χ0) is 14.7. The first-order chi connectivity index (χ1) is 9.54. The predicted octanol–water partition coefficient (Wildman–Crippen LogP) is 1.30. The molecule has 1 aromatic rings. The van der Waals surface area contributed by atoms with Gasteiger partial charge in [-0.15, -0.1) is 11.3 Å². The number of nitrogens with two attached hydrogens (primary N) is 2. The van der Waals surface area contributed by atoms with Crippen LogP contribution in [0.1, 0.15) is 22.5 Å². The fourth-order valence-electron chi connectivity index (χ4n) is 2.47. The van der Waals surface area contributed by atoms with Crippen LogP contribution in [0.25, 0.3) is 0 Å². The summed E-state index contributed by atoms with van der Waals surface area (Å²) >= 11 is 1.28. The number of nitrogens with zero attached hydrogens (tertiary/aromatic N) is 1. The molecule has 4 N–H and O–H groups in total. The first kappa shape index (κ1) is 14.9. The Kier molecular flexibility index (Phi) is 4.72. The van der Waals surface area contributed by atoms with Crippen molar-refractivity contribution in [2.75, 3.05) is 44.5 Å². The topological polar surface area (TPSA) is 90.8 Å². The monoisotopic (exact) mass is 299 g/mol. The van der Waals surface area contributed by atoms with E-state index in [1.54, 1.807) is 7.11 Å². The van der Waals surface area contributed by atoms with Gasteiger partial charge in [-0.05, 0) is 18.8 Å². The zero-order valence-electron chi connectivity index (χ0n) is 11.8. The van der Waals surface area contributed by atoms with Gasteiger partial charge in [-0.1, -0.05) is 0 Å². The van der Waals surface area contributed by atoms with Gasteiger partial charge in [-0.2, -0.15) is 0 Å². The second-order valence-electron chi connectivity index (χ2n) is 5.01. The summed E-state index contributed by atoms with van der Waals surface area (Å²) in [7, 11) is 3.51. The Balaban J connectivity index is 2.17. The summed E-state index contributed by atoms with van der Waals surface area (Å²) in [6.07, 6.45) is 2.24. The molecule has 0 saturated carbocycles. The van der Waals surface area contributed by atoms with E-state index in [1.807, 2.05) is 7.05 Å². The highest BCUT2D eigenvalue weighted by molar-refractivity contribution is 7.19. The standard InChI is InChI=1S/C13H21N3O3S/c1-16(6-8-4-3-5-19-7-8)13-10(18-2)9(14)11(20-13)12(15)17/h8H,3-7,14H2,1-2H3,(H2,15,17). The molecule has 0 spiro atoms. The molecule has 1 saturated heterocycles. The molecule has 1 aromatic heterocycles. The van der Waals surface area contributed by atoms with Gasteiger partial charge in [0.2, 0.25) is 0 Å². The van der Waals surface area contributed by atoms with E-state index in [9.17, 15) is 4.79 Å². The fourth-order valence-corrected chi connectivity index (χ4v) is 3.48. The van der Waals surface area contributed by atoms with Gasteiger partial charge >= 0.3 is 0 Å². The third-order valence-corrected chi connectivity index (χ3v) is 4.76. The lowest BCUT2D eigenvalue weighted by Crippen LogP contribution is -2.30. The molecular weight excluding hydrogens is 278 g/mol. The molecule has 7 heteroatoms. The summed E-state index contributed by atoms with van der Waals surface area (Å²) in [6.45, 7) is 2.46. The molecule has 0 aliphatic carbocycles. The second-order valence-corrected chi connectivity index (χ2v) is 6.01. The summed E-state index contributed by atoms with van der Waals surface area (Å²) in [5.41, 5.74) is 11.6. The molecule has 6 nitrogen and oxygen atoms in total. The quantitative estimate of drug-likeness (QED) is 0.855. The number of primary amides is 1. The maximum Gasteiger partial charge on any atom is 0.261 e. The van der Waals surface area contributed by atoms with E-state index in [1.165, 1.54) is 11.3 Å². The Morgan fingerprint density at radius 2 is 2.35 bits per heavy atom. The van der Waals surface area contributed by atoms with Gasteiger partial charge in [0.25, 0.3) is 5.91 Å². The minimum atomic E-state index is -0.522. The van der Waals surface area contributed by atoms with E-state index in [2.05, 4.69) is 4.90 Å². The molecule has 0 aromatic carbocycles. The normalized spacial score (nSPS) is 18.8. The van der Waals surface area contributed by atoms with Gasteiger partial charge in [0.15, 0.2) is 5.75 Å². The highest BCUT2D eigenvalue weighted by Crippen LogP contribution is 2.44. The van der Waals surface area contributed by atoms with E-state index in [0.717, 1.165) is 37.6 Å². The van der Waals surface area contributed by atoms with Crippen LogP contribution in [0.5, 0.6) is 5.75 Å². The summed E-state index contributed by atoms with van der Waals surface area (Å²) in [6, 6.07) is 0. The summed E-state index contributed by atoms with van der Waals surface area (Å²) in [5.74, 6) is 0.494. The van der Waals surface area contributed by atoms with Crippen LogP contribution >= 0.6 is 11.3 Å². The third-order valence-electron chi connectivity index (χ3n) is 3.44. The number of carbonyl (C=O) groups excluding carboxylic acids is 1. The molecule has 2 heterocycles. The molecule has 1 aliphatic rings. The molecule has 0 radical (unpaired) electrons. The van der Waals surface area contributed by atoms with Crippen molar-refractivity contribution in [3.05, 3.63) is 4.88 Å². The van der Waals surface area contributed by atoms with E-state index in [4.69, 9.17) is 20.9 Å². The third kappa shape index (κ3) is 2.99. The van der Waals surface area contributed by atoms with Crippen LogP contribution in [0.4, 0.5) is 10.7 Å². The van der Waals surface area contributed by atoms with Crippen LogP contribution in [0.2, 0.25) is 0 Å². The minimum absolute atomic E-state index is 0.326. The van der Waals surface area contributed by atoms with Crippen LogP contribution in [0, 0.1) is 5.92 Å². The van der Waals surface area contributed by atoms with E-state index in [0.29, 0.717) is 22.2 Å². The minimum Gasteiger partial charge on any atom is -0.492 e. The van der Waals surface area contributed by atoms with Gasteiger partial charge in [0, 0.05) is 20.2 Å². The molecule has 1 fully saturated rings. The highest BCUT2D eigenvalue weighted by atomic mass is 32.1. The van der Waals surface area contributed by atoms with Crippen molar-refractivity contribution in [1.82, 2.24) is 0 Å². The number of hydrogen-bond donors (Lipinski definition) is 2. The number of hydrogen-bond acceptors (Lipinski definition) is 6. The number of rotatable bonds is 5. The highest BCUT2D eigenvalue weighted by Gasteiger charge is 2.24. The number of amides is 1. The van der Waals surface area contributed by atoms with Crippen LogP contribution in [-0.2, 0) is 4.74 Å². The Morgan fingerprint density at radius 3 is 2.90 bits per heavy atom. The number of anilines is 2. The first-order valence-electron chi connectivity index (χ1n) is 6.59. The van der Waals surface area contributed by atoms with Crippen molar-refractivity contribution in [3.63, 3.8) is 0 Å². The van der Waals surface area contributed by atoms with Crippen molar-refractivity contribution in [2.45, 2.75) is 12.8 Å². The molecule has 1 aliphatic heterocycles. The van der Waals surface area contributed by atoms with Crippen molar-refractivity contribution in [2.24, 2.45) is 11.7 Å². The molecule has 1 amide bonds. The molecule has 1 unspecified atom stereocenters. The van der Waals surface area contributed by atoms with Crippen LogP contribution in [-0.4, -0.2) is 39.8 Å². The number of ether oxygens (including phenoxy) is 2. The van der Waals surface area contributed by atoms with Crippen molar-refractivity contribution in [3.8, 4) is 5.75 Å². The number of carbonyl (C=O) groups is 1. The SMILES string of the molecule is COc1c(N(C)CC2CCCOC2)sc(C(N)=O)c1N.